The van der Waals surface area contributed by atoms with Crippen molar-refractivity contribution in [3.63, 3.8) is 0 Å². The molecule has 3 N–H and O–H groups in total. The van der Waals surface area contributed by atoms with Crippen molar-refractivity contribution in [1.82, 2.24) is 9.71 Å². The van der Waals surface area contributed by atoms with Crippen molar-refractivity contribution in [3.05, 3.63) is 39.8 Å². The molecular formula is C11H11F2N3O2S2. The van der Waals surface area contributed by atoms with E-state index in [4.69, 9.17) is 5.73 Å². The Kier molecular flexibility index (Phi) is 4.02. The third kappa shape index (κ3) is 2.94. The largest absolute Gasteiger partial charge is 0.394 e. The Morgan fingerprint density at radius 3 is 2.70 bits per heavy atom. The summed E-state index contributed by atoms with van der Waals surface area (Å²) in [4.78, 5) is 3.38. The first-order valence-corrected chi connectivity index (χ1v) is 7.81. The second kappa shape index (κ2) is 5.43. The Hall–Kier alpha value is -1.58. The first-order valence-electron chi connectivity index (χ1n) is 5.45. The van der Waals surface area contributed by atoms with E-state index in [9.17, 15) is 17.2 Å². The molecule has 0 saturated heterocycles. The summed E-state index contributed by atoms with van der Waals surface area (Å²) in [7, 11) is -4.12. The summed E-state index contributed by atoms with van der Waals surface area (Å²) in [6.45, 7) is 1.70. The second-order valence-corrected chi connectivity index (χ2v) is 6.66. The number of benzene rings is 1. The molecule has 0 atom stereocenters. The maximum Gasteiger partial charge on any atom is 0.243 e. The predicted molar refractivity (Wildman–Crippen MR) is 71.6 cm³/mol. The number of hydrogen-bond acceptors (Lipinski definition) is 5. The smallest absolute Gasteiger partial charge is 0.243 e. The summed E-state index contributed by atoms with van der Waals surface area (Å²) in [6.07, 6.45) is 0. The zero-order chi connectivity index (χ0) is 14.9. The van der Waals surface area contributed by atoms with Gasteiger partial charge in [0.1, 0.15) is 21.4 Å². The lowest BCUT2D eigenvalue weighted by molar-refractivity contribution is 0.548. The molecule has 2 rings (SSSR count). The van der Waals surface area contributed by atoms with Crippen molar-refractivity contribution in [2.45, 2.75) is 18.4 Å². The van der Waals surface area contributed by atoms with Crippen LogP contribution in [0, 0.1) is 18.6 Å². The van der Waals surface area contributed by atoms with Crippen LogP contribution >= 0.6 is 11.3 Å². The van der Waals surface area contributed by atoms with Gasteiger partial charge in [-0.05, 0) is 19.1 Å². The molecule has 0 aliphatic rings. The summed E-state index contributed by atoms with van der Waals surface area (Å²) in [5, 5.41) is 2.31. The molecule has 108 valence electrons. The molecule has 1 aromatic carbocycles. The van der Waals surface area contributed by atoms with Gasteiger partial charge in [-0.3, -0.25) is 0 Å². The number of nitrogens with two attached hydrogens (primary N) is 1. The van der Waals surface area contributed by atoms with Crippen LogP contribution in [0.15, 0.2) is 22.4 Å². The summed E-state index contributed by atoms with van der Waals surface area (Å²) in [6, 6.07) is 1.64. The molecule has 0 spiro atoms. The predicted octanol–water partition coefficient (Wildman–Crippen LogP) is 1.79. The number of halogens is 2. The number of nitrogens with zero attached hydrogens (tertiary/aromatic N) is 1. The molecule has 0 bridgehead atoms. The zero-order valence-corrected chi connectivity index (χ0v) is 12.0. The van der Waals surface area contributed by atoms with Crippen LogP contribution in [0.25, 0.3) is 0 Å². The van der Waals surface area contributed by atoms with Crippen LogP contribution < -0.4 is 10.5 Å². The molecule has 0 saturated carbocycles. The summed E-state index contributed by atoms with van der Waals surface area (Å²) in [5.74, 6) is -2.30. The molecule has 2 aromatic rings. The molecule has 0 amide bonds. The second-order valence-electron chi connectivity index (χ2n) is 3.98. The van der Waals surface area contributed by atoms with Gasteiger partial charge >= 0.3 is 0 Å². The lowest BCUT2D eigenvalue weighted by Crippen LogP contribution is -2.24. The highest BCUT2D eigenvalue weighted by atomic mass is 32.2. The summed E-state index contributed by atoms with van der Waals surface area (Å²) in [5.41, 5.74) is 5.08. The van der Waals surface area contributed by atoms with E-state index in [1.165, 1.54) is 11.3 Å². The van der Waals surface area contributed by atoms with E-state index in [1.54, 1.807) is 12.3 Å². The number of rotatable bonds is 4. The topological polar surface area (TPSA) is 85.1 Å². The molecule has 1 aromatic heterocycles. The molecule has 5 nitrogen and oxygen atoms in total. The number of aryl methyl sites for hydroxylation is 1. The monoisotopic (exact) mass is 319 g/mol. The minimum absolute atomic E-state index is 0.0719. The number of sulfonamides is 1. The van der Waals surface area contributed by atoms with E-state index in [0.29, 0.717) is 5.01 Å². The summed E-state index contributed by atoms with van der Waals surface area (Å²) < 4.78 is 52.8. The van der Waals surface area contributed by atoms with E-state index < -0.39 is 32.2 Å². The Morgan fingerprint density at radius 1 is 1.40 bits per heavy atom. The fraction of sp³-hybridized carbons (Fsp3) is 0.182. The van der Waals surface area contributed by atoms with Crippen molar-refractivity contribution in [2.75, 3.05) is 5.73 Å². The molecular weight excluding hydrogens is 308 g/mol. The van der Waals surface area contributed by atoms with Gasteiger partial charge in [0.15, 0.2) is 5.82 Å². The van der Waals surface area contributed by atoms with E-state index >= 15 is 0 Å². The average Bonchev–Trinajstić information content (AvgIpc) is 2.79. The number of hydrogen-bond donors (Lipinski definition) is 2. The van der Waals surface area contributed by atoms with Crippen molar-refractivity contribution in [3.8, 4) is 0 Å². The van der Waals surface area contributed by atoms with Gasteiger partial charge in [-0.1, -0.05) is 0 Å². The van der Waals surface area contributed by atoms with E-state index in [1.807, 2.05) is 0 Å². The zero-order valence-electron chi connectivity index (χ0n) is 10.4. The van der Waals surface area contributed by atoms with Gasteiger partial charge in [-0.15, -0.1) is 11.3 Å². The van der Waals surface area contributed by atoms with Crippen molar-refractivity contribution < 1.29 is 17.2 Å². The van der Waals surface area contributed by atoms with Gasteiger partial charge in [0.25, 0.3) is 0 Å². The van der Waals surface area contributed by atoms with Crippen molar-refractivity contribution >= 4 is 27.0 Å². The van der Waals surface area contributed by atoms with E-state index in [-0.39, 0.29) is 6.54 Å². The normalized spacial score (nSPS) is 11.8. The number of anilines is 1. The highest BCUT2D eigenvalue weighted by Gasteiger charge is 2.22. The van der Waals surface area contributed by atoms with Crippen LogP contribution in [0.4, 0.5) is 14.5 Å². The first-order chi connectivity index (χ1) is 9.31. The number of aromatic nitrogens is 1. The van der Waals surface area contributed by atoms with Crippen LogP contribution in [0.3, 0.4) is 0 Å². The molecule has 0 fully saturated rings. The van der Waals surface area contributed by atoms with Gasteiger partial charge in [0.05, 0.1) is 6.54 Å². The molecule has 0 aliphatic carbocycles. The molecule has 0 radical (unpaired) electrons. The minimum atomic E-state index is -4.12. The Labute approximate surface area is 118 Å². The average molecular weight is 319 g/mol. The SMILES string of the molecule is Cc1csc(CNS(=O)(=O)c2ccc(F)c(N)c2F)n1. The number of thiazole rings is 1. The van der Waals surface area contributed by atoms with E-state index in [0.717, 1.165) is 17.8 Å². The van der Waals surface area contributed by atoms with Crippen LogP contribution in [0.1, 0.15) is 10.7 Å². The van der Waals surface area contributed by atoms with Gasteiger partial charge in [-0.25, -0.2) is 26.9 Å². The minimum Gasteiger partial charge on any atom is -0.394 e. The van der Waals surface area contributed by atoms with Gasteiger partial charge in [0, 0.05) is 11.1 Å². The van der Waals surface area contributed by atoms with Gasteiger partial charge in [-0.2, -0.15) is 0 Å². The molecule has 9 heteroatoms. The van der Waals surface area contributed by atoms with Crippen LogP contribution in [-0.4, -0.2) is 13.4 Å². The fourth-order valence-corrected chi connectivity index (χ4v) is 3.35. The highest BCUT2D eigenvalue weighted by Crippen LogP contribution is 2.22. The lowest BCUT2D eigenvalue weighted by Gasteiger charge is -2.08. The van der Waals surface area contributed by atoms with Crippen LogP contribution in [0.2, 0.25) is 0 Å². The van der Waals surface area contributed by atoms with Gasteiger partial charge < -0.3 is 5.73 Å². The quantitative estimate of drug-likeness (QED) is 0.841. The summed E-state index contributed by atoms with van der Waals surface area (Å²) >= 11 is 1.28. The van der Waals surface area contributed by atoms with E-state index in [2.05, 4.69) is 9.71 Å². The molecule has 0 aliphatic heterocycles. The highest BCUT2D eigenvalue weighted by molar-refractivity contribution is 7.89. The molecule has 20 heavy (non-hydrogen) atoms. The fourth-order valence-electron chi connectivity index (χ4n) is 1.48. The Balaban J connectivity index is 2.25. The van der Waals surface area contributed by atoms with Crippen LogP contribution in [0.5, 0.6) is 0 Å². The number of nitrogens with one attached hydrogen (secondary N) is 1. The molecule has 0 unspecified atom stereocenters. The molecule has 1 heterocycles. The third-order valence-electron chi connectivity index (χ3n) is 2.46. The first kappa shape index (κ1) is 14.8. The van der Waals surface area contributed by atoms with Gasteiger partial charge in [0.2, 0.25) is 10.0 Å². The Bertz CT molecular complexity index is 744. The standard InChI is InChI=1S/C11H11F2N3O2S2/c1-6-5-19-9(16-6)4-15-20(17,18)8-3-2-7(12)11(14)10(8)13/h2-3,5,15H,4,14H2,1H3. The lowest BCUT2D eigenvalue weighted by atomic mass is 10.3. The maximum absolute atomic E-state index is 13.7. The third-order valence-corrected chi connectivity index (χ3v) is 4.85. The number of nitrogen functional groups attached to an aromatic ring is 1. The van der Waals surface area contributed by atoms with Crippen molar-refractivity contribution in [1.29, 1.82) is 0 Å². The van der Waals surface area contributed by atoms with Crippen LogP contribution in [-0.2, 0) is 16.6 Å². The van der Waals surface area contributed by atoms with Crippen molar-refractivity contribution in [2.24, 2.45) is 0 Å². The maximum atomic E-state index is 13.7. The Morgan fingerprint density at radius 2 is 2.10 bits per heavy atom.